The fourth-order valence-electron chi connectivity index (χ4n) is 6.91. The molecule has 1 atom stereocenters. The minimum atomic E-state index is -0.804. The molecule has 1 heterocycles. The number of nitrogens with zero attached hydrogens (tertiary/aromatic N) is 1. The minimum Gasteiger partial charge on any atom is -0.444 e. The van der Waals surface area contributed by atoms with Gasteiger partial charge in [-0.2, -0.15) is 0 Å². The van der Waals surface area contributed by atoms with E-state index in [4.69, 9.17) is 9.47 Å². The summed E-state index contributed by atoms with van der Waals surface area (Å²) in [5.41, 5.74) is 5.11. The Kier molecular flexibility index (Phi) is 11.9. The van der Waals surface area contributed by atoms with Crippen molar-refractivity contribution in [3.05, 3.63) is 143 Å². The molecular weight excluding hydrogens is 629 g/mol. The number of amides is 2. The number of alkyl carbamates (subject to hydrolysis) is 1. The van der Waals surface area contributed by atoms with Crippen LogP contribution in [0.25, 0.3) is 0 Å². The first-order valence-electron chi connectivity index (χ1n) is 17.2. The van der Waals surface area contributed by atoms with Crippen molar-refractivity contribution in [3.63, 3.8) is 0 Å². The summed E-state index contributed by atoms with van der Waals surface area (Å²) in [6.07, 6.45) is 1.94. The van der Waals surface area contributed by atoms with Gasteiger partial charge in [-0.25, -0.2) is 4.79 Å². The third-order valence-electron chi connectivity index (χ3n) is 9.41. The highest BCUT2D eigenvalue weighted by atomic mass is 32.2. The zero-order chi connectivity index (χ0) is 34.9. The Morgan fingerprint density at radius 3 is 1.76 bits per heavy atom. The maximum atomic E-state index is 14.5. The van der Waals surface area contributed by atoms with Gasteiger partial charge < -0.3 is 19.7 Å². The van der Waals surface area contributed by atoms with Gasteiger partial charge in [0, 0.05) is 31.4 Å². The monoisotopic (exact) mass is 678 g/mol. The number of likely N-dealkylation sites (tertiary alicyclic amines) is 1. The normalized spacial score (nSPS) is 15.3. The summed E-state index contributed by atoms with van der Waals surface area (Å²) in [5, 5.41) is 2.99. The highest BCUT2D eigenvalue weighted by Crippen LogP contribution is 2.49. The molecule has 1 aliphatic rings. The Morgan fingerprint density at radius 2 is 1.29 bits per heavy atom. The number of carbonyl (C=O) groups is 2. The first-order valence-corrected chi connectivity index (χ1v) is 18.2. The van der Waals surface area contributed by atoms with E-state index >= 15 is 0 Å². The fraction of sp³-hybridized carbons (Fsp3) is 0.381. The third-order valence-corrected chi connectivity index (χ3v) is 11.0. The van der Waals surface area contributed by atoms with Crippen LogP contribution >= 0.6 is 11.8 Å². The molecule has 0 radical (unpaired) electrons. The lowest BCUT2D eigenvalue weighted by molar-refractivity contribution is -0.136. The first-order chi connectivity index (χ1) is 23.6. The van der Waals surface area contributed by atoms with Gasteiger partial charge in [0.05, 0.1) is 11.4 Å². The van der Waals surface area contributed by atoms with Crippen LogP contribution in [-0.4, -0.2) is 61.1 Å². The molecule has 0 saturated carbocycles. The maximum Gasteiger partial charge on any atom is 0.408 e. The Labute approximate surface area is 296 Å². The number of hydrogen-bond acceptors (Lipinski definition) is 5. The van der Waals surface area contributed by atoms with Gasteiger partial charge in [0.1, 0.15) is 11.6 Å². The van der Waals surface area contributed by atoms with E-state index in [1.165, 1.54) is 11.1 Å². The summed E-state index contributed by atoms with van der Waals surface area (Å²) in [6.45, 7) is 9.46. The molecule has 0 aromatic heterocycles. The van der Waals surface area contributed by atoms with Gasteiger partial charge in [-0.1, -0.05) is 115 Å². The first kappa shape index (κ1) is 36.2. The van der Waals surface area contributed by atoms with Crippen molar-refractivity contribution in [2.24, 2.45) is 5.41 Å². The second-order valence-electron chi connectivity index (χ2n) is 14.2. The van der Waals surface area contributed by atoms with Crippen molar-refractivity contribution in [2.45, 2.75) is 63.3 Å². The van der Waals surface area contributed by atoms with Crippen molar-refractivity contribution < 1.29 is 19.1 Å². The van der Waals surface area contributed by atoms with Gasteiger partial charge in [0.2, 0.25) is 5.91 Å². The van der Waals surface area contributed by atoms with Crippen LogP contribution in [0.5, 0.6) is 0 Å². The number of benzene rings is 4. The Balaban J connectivity index is 1.45. The summed E-state index contributed by atoms with van der Waals surface area (Å²) >= 11 is 1.66. The van der Waals surface area contributed by atoms with Gasteiger partial charge in [-0.3, -0.25) is 4.79 Å². The van der Waals surface area contributed by atoms with Gasteiger partial charge in [-0.15, -0.1) is 11.8 Å². The van der Waals surface area contributed by atoms with Gasteiger partial charge in [0.25, 0.3) is 0 Å². The van der Waals surface area contributed by atoms with Gasteiger partial charge in [-0.05, 0) is 74.8 Å². The van der Waals surface area contributed by atoms with Crippen molar-refractivity contribution in [2.75, 3.05) is 32.6 Å². The van der Waals surface area contributed by atoms with Gasteiger partial charge >= 0.3 is 6.09 Å². The molecule has 0 unspecified atom stereocenters. The second-order valence-corrected chi connectivity index (χ2v) is 15.4. The van der Waals surface area contributed by atoms with Crippen molar-refractivity contribution in [1.82, 2.24) is 10.2 Å². The average molecular weight is 679 g/mol. The van der Waals surface area contributed by atoms with Crippen molar-refractivity contribution in [1.29, 1.82) is 0 Å². The molecule has 1 aliphatic heterocycles. The van der Waals surface area contributed by atoms with Crippen LogP contribution in [0.1, 0.15) is 61.4 Å². The highest BCUT2D eigenvalue weighted by molar-refractivity contribution is 8.00. The second kappa shape index (κ2) is 16.1. The molecular formula is C42H50N2O4S. The molecule has 4 aromatic rings. The largest absolute Gasteiger partial charge is 0.444 e. The quantitative estimate of drug-likeness (QED) is 0.153. The number of rotatable bonds is 12. The molecule has 258 valence electrons. The van der Waals surface area contributed by atoms with E-state index in [0.717, 1.165) is 36.0 Å². The molecule has 0 spiro atoms. The van der Waals surface area contributed by atoms with Crippen LogP contribution in [0.3, 0.4) is 0 Å². The Morgan fingerprint density at radius 1 is 0.796 bits per heavy atom. The van der Waals surface area contributed by atoms with Crippen molar-refractivity contribution >= 4 is 23.8 Å². The number of nitrogens with one attached hydrogen (secondary N) is 1. The van der Waals surface area contributed by atoms with E-state index in [1.54, 1.807) is 18.9 Å². The molecule has 2 amide bonds. The zero-order valence-corrected chi connectivity index (χ0v) is 30.3. The standard InChI is InChI=1S/C42H50N2O4S/c1-32-17-15-16-18-33(32)29-41(31-47-5)25-27-44(28-26-41)38(45)37(43-39(46)48-40(2,3)4)30-49-42(34-19-9-6-10-20-34,35-21-11-7-12-22-35)36-23-13-8-14-24-36/h6-24,37H,25-31H2,1-5H3,(H,43,46)/t37-/m0/s1. The molecule has 7 heteroatoms. The van der Waals surface area contributed by atoms with E-state index in [0.29, 0.717) is 25.4 Å². The van der Waals surface area contributed by atoms with E-state index in [2.05, 4.69) is 109 Å². The zero-order valence-electron chi connectivity index (χ0n) is 29.5. The molecule has 6 nitrogen and oxygen atoms in total. The summed E-state index contributed by atoms with van der Waals surface area (Å²) in [7, 11) is 1.76. The van der Waals surface area contributed by atoms with E-state index < -0.39 is 22.5 Å². The lowest BCUT2D eigenvalue weighted by Crippen LogP contribution is -2.54. The predicted octanol–water partition coefficient (Wildman–Crippen LogP) is 8.41. The summed E-state index contributed by atoms with van der Waals surface area (Å²) in [6, 6.07) is 38.9. The molecule has 1 fully saturated rings. The SMILES string of the molecule is COCC1(Cc2ccccc2C)CCN(C(=O)[C@H](CSC(c2ccccc2)(c2ccccc2)c2ccccc2)NC(=O)OC(C)(C)C)CC1. The summed E-state index contributed by atoms with van der Waals surface area (Å²) in [4.78, 5) is 29.7. The highest BCUT2D eigenvalue weighted by Gasteiger charge is 2.41. The van der Waals surface area contributed by atoms with Gasteiger partial charge in [0.15, 0.2) is 0 Å². The van der Waals surface area contributed by atoms with Crippen LogP contribution in [-0.2, 0) is 25.4 Å². The predicted molar refractivity (Wildman–Crippen MR) is 200 cm³/mol. The maximum absolute atomic E-state index is 14.5. The fourth-order valence-corrected chi connectivity index (χ4v) is 8.46. The lowest BCUT2D eigenvalue weighted by Gasteiger charge is -2.43. The number of carbonyl (C=O) groups excluding carboxylic acids is 2. The van der Waals surface area contributed by atoms with Crippen molar-refractivity contribution in [3.8, 4) is 0 Å². The summed E-state index contributed by atoms with van der Waals surface area (Å²) in [5.74, 6) is 0.239. The smallest absolute Gasteiger partial charge is 0.408 e. The number of ether oxygens (including phenoxy) is 2. The van der Waals surface area contributed by atoms with E-state index in [9.17, 15) is 9.59 Å². The Hall–Kier alpha value is -4.07. The molecule has 1 saturated heterocycles. The van der Waals surface area contributed by atoms with Crippen LogP contribution in [0.15, 0.2) is 115 Å². The number of aryl methyl sites for hydroxylation is 1. The molecule has 1 N–H and O–H groups in total. The van der Waals surface area contributed by atoms with Crippen LogP contribution in [0, 0.1) is 12.3 Å². The van der Waals surface area contributed by atoms with E-state index in [-0.39, 0.29) is 11.3 Å². The number of thioether (sulfide) groups is 1. The third kappa shape index (κ3) is 8.94. The molecule has 49 heavy (non-hydrogen) atoms. The number of hydrogen-bond donors (Lipinski definition) is 1. The average Bonchev–Trinajstić information content (AvgIpc) is 3.10. The van der Waals surface area contributed by atoms with Crippen LogP contribution in [0.4, 0.5) is 4.79 Å². The van der Waals surface area contributed by atoms with Crippen LogP contribution < -0.4 is 5.32 Å². The lowest BCUT2D eigenvalue weighted by atomic mass is 9.73. The number of piperidine rings is 1. The Bertz CT molecular complexity index is 1550. The molecule has 0 aliphatic carbocycles. The summed E-state index contributed by atoms with van der Waals surface area (Å²) < 4.78 is 10.8. The van der Waals surface area contributed by atoms with Crippen LogP contribution in [0.2, 0.25) is 0 Å². The molecule has 0 bridgehead atoms. The topological polar surface area (TPSA) is 67.9 Å². The van der Waals surface area contributed by atoms with E-state index in [1.807, 2.05) is 43.9 Å². The molecule has 5 rings (SSSR count). The molecule has 4 aromatic carbocycles. The minimum absolute atomic E-state index is 0.0659. The number of methoxy groups -OCH3 is 1.